The van der Waals surface area contributed by atoms with Gasteiger partial charge in [-0.1, -0.05) is 30.0 Å². The third-order valence-electron chi connectivity index (χ3n) is 5.45. The summed E-state index contributed by atoms with van der Waals surface area (Å²) in [5.74, 6) is 1.12. The lowest BCUT2D eigenvalue weighted by atomic mass is 9.97. The maximum atomic E-state index is 13.6. The molecule has 168 valence electrons. The zero-order valence-corrected chi connectivity index (χ0v) is 19.7. The number of hydrazone groups is 1. The smallest absolute Gasteiger partial charge is 0.267 e. The molecular weight excluding hydrogens is 456 g/mol. The van der Waals surface area contributed by atoms with E-state index in [-0.39, 0.29) is 17.2 Å². The second kappa shape index (κ2) is 9.36. The van der Waals surface area contributed by atoms with E-state index in [2.05, 4.69) is 10.5 Å². The summed E-state index contributed by atoms with van der Waals surface area (Å²) in [6, 6.07) is 13.1. The average Bonchev–Trinajstić information content (AvgIpc) is 3.41. The summed E-state index contributed by atoms with van der Waals surface area (Å²) in [6.45, 7) is 1.84. The van der Waals surface area contributed by atoms with E-state index >= 15 is 0 Å². The van der Waals surface area contributed by atoms with E-state index in [4.69, 9.17) is 9.40 Å². The van der Waals surface area contributed by atoms with Gasteiger partial charge in [0, 0.05) is 4.88 Å². The summed E-state index contributed by atoms with van der Waals surface area (Å²) in [5.41, 5.74) is 4.32. The molecule has 1 amide bonds. The van der Waals surface area contributed by atoms with E-state index in [0.717, 1.165) is 52.9 Å². The largest absolute Gasteiger partial charge is 0.460 e. The summed E-state index contributed by atoms with van der Waals surface area (Å²) in [5, 5.41) is 5.17. The van der Waals surface area contributed by atoms with E-state index < -0.39 is 0 Å². The van der Waals surface area contributed by atoms with Gasteiger partial charge >= 0.3 is 0 Å². The first-order chi connectivity index (χ1) is 16.1. The van der Waals surface area contributed by atoms with Crippen molar-refractivity contribution in [3.8, 4) is 5.69 Å². The molecule has 0 fully saturated rings. The van der Waals surface area contributed by atoms with Gasteiger partial charge in [-0.3, -0.25) is 14.2 Å². The van der Waals surface area contributed by atoms with E-state index in [1.54, 1.807) is 22.0 Å². The van der Waals surface area contributed by atoms with Crippen LogP contribution in [-0.4, -0.2) is 27.4 Å². The number of carbonyl (C=O) groups is 1. The Kier molecular flexibility index (Phi) is 6.15. The predicted octanol–water partition coefficient (Wildman–Crippen LogP) is 4.47. The number of thiophene rings is 1. The number of aryl methyl sites for hydroxylation is 3. The lowest BCUT2D eigenvalue weighted by molar-refractivity contribution is -0.118. The van der Waals surface area contributed by atoms with Crippen molar-refractivity contribution in [1.82, 2.24) is 15.0 Å². The molecular formula is C24H22N4O3S2. The molecule has 0 bridgehead atoms. The van der Waals surface area contributed by atoms with Crippen LogP contribution in [0.4, 0.5) is 0 Å². The third kappa shape index (κ3) is 4.51. The minimum atomic E-state index is -0.293. The molecule has 3 aromatic heterocycles. The fourth-order valence-electron chi connectivity index (χ4n) is 3.94. The number of rotatable bonds is 6. The van der Waals surface area contributed by atoms with Crippen molar-refractivity contribution >= 4 is 45.4 Å². The van der Waals surface area contributed by atoms with Crippen molar-refractivity contribution in [2.75, 3.05) is 5.75 Å². The Labute approximate surface area is 198 Å². The van der Waals surface area contributed by atoms with Gasteiger partial charge in [0.05, 0.1) is 23.0 Å². The van der Waals surface area contributed by atoms with Crippen molar-refractivity contribution in [1.29, 1.82) is 0 Å². The number of amides is 1. The molecule has 0 saturated carbocycles. The van der Waals surface area contributed by atoms with Crippen LogP contribution in [-0.2, 0) is 17.6 Å². The molecule has 4 aromatic rings. The van der Waals surface area contributed by atoms with Crippen LogP contribution < -0.4 is 11.0 Å². The standard InChI is InChI=1S/C24H22N4O3S2/c1-15-11-12-17(31-15)13-25-27-20(29)14-32-24-26-22-21(18-9-5-6-10-19(18)33-22)23(30)28(24)16-7-3-2-4-8-16/h2-4,7-8,11-13H,5-6,9-10,14H2,1H3,(H,27,29)/b25-13+. The van der Waals surface area contributed by atoms with Crippen molar-refractivity contribution in [2.45, 2.75) is 37.8 Å². The predicted molar refractivity (Wildman–Crippen MR) is 132 cm³/mol. The van der Waals surface area contributed by atoms with Crippen LogP contribution in [0.1, 0.15) is 34.8 Å². The number of fused-ring (bicyclic) bond motifs is 3. The van der Waals surface area contributed by atoms with Gasteiger partial charge in [0.2, 0.25) is 0 Å². The minimum absolute atomic E-state index is 0.0697. The van der Waals surface area contributed by atoms with Crippen LogP contribution in [0.5, 0.6) is 0 Å². The molecule has 0 unspecified atom stereocenters. The lowest BCUT2D eigenvalue weighted by Gasteiger charge is -2.13. The second-order valence-corrected chi connectivity index (χ2v) is 9.82. The van der Waals surface area contributed by atoms with Gasteiger partial charge in [-0.2, -0.15) is 5.10 Å². The van der Waals surface area contributed by atoms with Crippen LogP contribution in [0, 0.1) is 6.92 Å². The van der Waals surface area contributed by atoms with Gasteiger partial charge in [-0.15, -0.1) is 11.3 Å². The van der Waals surface area contributed by atoms with Gasteiger partial charge in [0.15, 0.2) is 5.16 Å². The lowest BCUT2D eigenvalue weighted by Crippen LogP contribution is -2.24. The molecule has 1 aliphatic rings. The minimum Gasteiger partial charge on any atom is -0.460 e. The molecule has 0 aliphatic heterocycles. The number of carbonyl (C=O) groups excluding carboxylic acids is 1. The van der Waals surface area contributed by atoms with Crippen LogP contribution >= 0.6 is 23.1 Å². The Bertz CT molecular complexity index is 1400. The molecule has 0 saturated heterocycles. The summed E-state index contributed by atoms with van der Waals surface area (Å²) < 4.78 is 7.02. The molecule has 5 rings (SSSR count). The molecule has 0 spiro atoms. The topological polar surface area (TPSA) is 89.5 Å². The van der Waals surface area contributed by atoms with Crippen molar-refractivity contribution in [2.24, 2.45) is 5.10 Å². The molecule has 1 aliphatic carbocycles. The summed E-state index contributed by atoms with van der Waals surface area (Å²) >= 11 is 2.83. The fraction of sp³-hybridized carbons (Fsp3) is 0.250. The molecule has 9 heteroatoms. The van der Waals surface area contributed by atoms with E-state index in [9.17, 15) is 9.59 Å². The van der Waals surface area contributed by atoms with E-state index in [0.29, 0.717) is 10.9 Å². The molecule has 7 nitrogen and oxygen atoms in total. The van der Waals surface area contributed by atoms with Crippen LogP contribution in [0.3, 0.4) is 0 Å². The number of hydrogen-bond donors (Lipinski definition) is 1. The number of nitrogens with one attached hydrogen (secondary N) is 1. The third-order valence-corrected chi connectivity index (χ3v) is 7.57. The number of aromatic nitrogens is 2. The first kappa shape index (κ1) is 21.7. The average molecular weight is 479 g/mol. The highest BCUT2D eigenvalue weighted by Crippen LogP contribution is 2.35. The molecule has 3 heterocycles. The number of hydrogen-bond acceptors (Lipinski definition) is 7. The fourth-order valence-corrected chi connectivity index (χ4v) is 6.05. The molecule has 33 heavy (non-hydrogen) atoms. The monoisotopic (exact) mass is 478 g/mol. The molecule has 0 radical (unpaired) electrons. The number of furan rings is 1. The number of nitrogens with zero attached hydrogens (tertiary/aromatic N) is 3. The van der Waals surface area contributed by atoms with Gasteiger partial charge in [0.25, 0.3) is 11.5 Å². The van der Waals surface area contributed by atoms with Crippen LogP contribution in [0.25, 0.3) is 15.9 Å². The van der Waals surface area contributed by atoms with Crippen molar-refractivity contribution in [3.63, 3.8) is 0 Å². The summed E-state index contributed by atoms with van der Waals surface area (Å²) in [7, 11) is 0. The molecule has 1 N–H and O–H groups in total. The number of thioether (sulfide) groups is 1. The Hall–Kier alpha value is -3.17. The van der Waals surface area contributed by atoms with E-state index in [1.807, 2.05) is 43.3 Å². The SMILES string of the molecule is Cc1ccc(/C=N/NC(=O)CSc2nc3sc4c(c3c(=O)n2-c2ccccc2)CCCC4)o1. The Morgan fingerprint density at radius 1 is 1.24 bits per heavy atom. The Morgan fingerprint density at radius 2 is 2.06 bits per heavy atom. The highest BCUT2D eigenvalue weighted by molar-refractivity contribution is 7.99. The van der Waals surface area contributed by atoms with Gasteiger partial charge in [0.1, 0.15) is 16.4 Å². The number of para-hydroxylation sites is 1. The Morgan fingerprint density at radius 3 is 2.85 bits per heavy atom. The highest BCUT2D eigenvalue weighted by Gasteiger charge is 2.23. The highest BCUT2D eigenvalue weighted by atomic mass is 32.2. The van der Waals surface area contributed by atoms with E-state index in [1.165, 1.54) is 22.9 Å². The normalized spacial score (nSPS) is 13.5. The van der Waals surface area contributed by atoms with Gasteiger partial charge in [-0.05, 0) is 62.4 Å². The maximum Gasteiger partial charge on any atom is 0.267 e. The zero-order chi connectivity index (χ0) is 22.8. The van der Waals surface area contributed by atoms with Crippen LogP contribution in [0.2, 0.25) is 0 Å². The van der Waals surface area contributed by atoms with Gasteiger partial charge in [-0.25, -0.2) is 10.4 Å². The maximum absolute atomic E-state index is 13.6. The van der Waals surface area contributed by atoms with Gasteiger partial charge < -0.3 is 4.42 Å². The first-order valence-electron chi connectivity index (χ1n) is 10.7. The first-order valence-corrected chi connectivity index (χ1v) is 12.5. The molecule has 0 atom stereocenters. The summed E-state index contributed by atoms with van der Waals surface area (Å²) in [4.78, 5) is 32.9. The second-order valence-electron chi connectivity index (χ2n) is 7.79. The van der Waals surface area contributed by atoms with Crippen LogP contribution in [0.15, 0.2) is 61.9 Å². The Balaban J connectivity index is 1.43. The molecule has 1 aromatic carbocycles. The quantitative estimate of drug-likeness (QED) is 0.191. The van der Waals surface area contributed by atoms with Crippen molar-refractivity contribution < 1.29 is 9.21 Å². The zero-order valence-electron chi connectivity index (χ0n) is 18.0. The number of benzene rings is 1. The van der Waals surface area contributed by atoms with Crippen molar-refractivity contribution in [3.05, 3.63) is 74.8 Å². The summed E-state index contributed by atoms with van der Waals surface area (Å²) in [6.07, 6.45) is 5.61.